The van der Waals surface area contributed by atoms with Gasteiger partial charge in [0.05, 0.1) is 11.8 Å². The molecule has 1 aromatic rings. The molecular formula is C23H30N2O3. The van der Waals surface area contributed by atoms with Crippen molar-refractivity contribution in [1.29, 1.82) is 0 Å². The molecule has 2 N–H and O–H groups in total. The normalized spacial score (nSPS) is 18.3. The van der Waals surface area contributed by atoms with Crippen molar-refractivity contribution in [2.45, 2.75) is 47.0 Å². The zero-order valence-electron chi connectivity index (χ0n) is 17.4. The molecule has 150 valence electrons. The molecule has 28 heavy (non-hydrogen) atoms. The summed E-state index contributed by atoms with van der Waals surface area (Å²) >= 11 is 0. The van der Waals surface area contributed by atoms with Crippen LogP contribution >= 0.6 is 0 Å². The number of carbonyl (C=O) groups is 1. The lowest BCUT2D eigenvalue weighted by Crippen LogP contribution is -2.28. The van der Waals surface area contributed by atoms with Crippen molar-refractivity contribution in [3.63, 3.8) is 0 Å². The molecule has 0 bridgehead atoms. The summed E-state index contributed by atoms with van der Waals surface area (Å²) in [5.41, 5.74) is 4.34. The number of H-pyrrole nitrogens is 1. The zero-order valence-corrected chi connectivity index (χ0v) is 17.4. The number of allylic oxidation sites excluding steroid dienone is 8. The molecule has 0 aromatic carbocycles. The summed E-state index contributed by atoms with van der Waals surface area (Å²) in [7, 11) is 1.68. The number of hydrogen-bond acceptors (Lipinski definition) is 3. The average molecular weight is 383 g/mol. The highest BCUT2D eigenvalue weighted by Gasteiger charge is 2.30. The Balaban J connectivity index is 2.15. The van der Waals surface area contributed by atoms with Gasteiger partial charge >= 0.3 is 5.63 Å². The van der Waals surface area contributed by atoms with Gasteiger partial charge in [-0.05, 0) is 55.7 Å². The highest BCUT2D eigenvalue weighted by molar-refractivity contribution is 5.94. The smallest absolute Gasteiger partial charge is 0.355 e. The highest BCUT2D eigenvalue weighted by Crippen LogP contribution is 2.41. The van der Waals surface area contributed by atoms with Gasteiger partial charge in [-0.15, -0.1) is 0 Å². The number of aromatic nitrogens is 1. The number of carbonyl (C=O) groups excluding carboxylic acids is 1. The molecule has 0 atom stereocenters. The van der Waals surface area contributed by atoms with Gasteiger partial charge in [-0.1, -0.05) is 49.8 Å². The van der Waals surface area contributed by atoms with Crippen molar-refractivity contribution in [2.75, 3.05) is 7.05 Å². The summed E-state index contributed by atoms with van der Waals surface area (Å²) in [6.45, 7) is 8.37. The molecule has 0 fully saturated rings. The van der Waals surface area contributed by atoms with Crippen LogP contribution in [0.4, 0.5) is 0 Å². The van der Waals surface area contributed by atoms with Crippen LogP contribution in [0.3, 0.4) is 0 Å². The van der Waals surface area contributed by atoms with Gasteiger partial charge in [-0.3, -0.25) is 4.79 Å². The van der Waals surface area contributed by atoms with Gasteiger partial charge in [-0.25, -0.2) is 9.95 Å². The maximum Gasteiger partial charge on any atom is 0.357 e. The second-order valence-electron chi connectivity index (χ2n) is 7.82. The minimum absolute atomic E-state index is 0.00640. The minimum atomic E-state index is -0.389. The van der Waals surface area contributed by atoms with Crippen LogP contribution in [-0.4, -0.2) is 18.1 Å². The Labute approximate surface area is 166 Å². The quantitative estimate of drug-likeness (QED) is 0.701. The van der Waals surface area contributed by atoms with Crippen LogP contribution in [0.5, 0.6) is 0 Å². The monoisotopic (exact) mass is 382 g/mol. The Morgan fingerprint density at radius 3 is 2.64 bits per heavy atom. The number of amides is 1. The summed E-state index contributed by atoms with van der Waals surface area (Å²) < 4.78 is 4.64. The molecule has 0 spiro atoms. The van der Waals surface area contributed by atoms with E-state index in [-0.39, 0.29) is 16.9 Å². The lowest BCUT2D eigenvalue weighted by Gasteiger charge is -2.33. The van der Waals surface area contributed by atoms with Crippen LogP contribution in [0, 0.1) is 5.41 Å². The van der Waals surface area contributed by atoms with Crippen LogP contribution in [0.15, 0.2) is 68.1 Å². The summed E-state index contributed by atoms with van der Waals surface area (Å²) in [4.78, 5) is 23.3. The van der Waals surface area contributed by atoms with Crippen LogP contribution in [0.2, 0.25) is 0 Å². The summed E-state index contributed by atoms with van der Waals surface area (Å²) in [5, 5.41) is 5.32. The Kier molecular flexibility index (Phi) is 7.21. The van der Waals surface area contributed by atoms with Crippen molar-refractivity contribution in [2.24, 2.45) is 5.41 Å². The van der Waals surface area contributed by atoms with Gasteiger partial charge in [0.25, 0.3) is 0 Å². The number of hydrogen-bond donors (Lipinski definition) is 2. The fourth-order valence-electron chi connectivity index (χ4n) is 3.38. The summed E-state index contributed by atoms with van der Waals surface area (Å²) in [6.07, 6.45) is 14.9. The summed E-state index contributed by atoms with van der Waals surface area (Å²) in [5.74, 6) is 0.0204. The maximum absolute atomic E-state index is 12.2. The first kappa shape index (κ1) is 21.5. The molecule has 0 saturated carbocycles. The van der Waals surface area contributed by atoms with E-state index in [4.69, 9.17) is 0 Å². The molecular weight excluding hydrogens is 352 g/mol. The number of rotatable bonds is 6. The SMILES string of the molecule is CNC(=O)C1=C(/C=C/C(C)=C/C=C/C(C)=C/c2cc(=O)o[nH]2)C(C)(C)CCC1. The minimum Gasteiger partial charge on any atom is -0.355 e. The van der Waals surface area contributed by atoms with E-state index in [9.17, 15) is 9.59 Å². The highest BCUT2D eigenvalue weighted by atomic mass is 16.5. The molecule has 2 rings (SSSR count). The second kappa shape index (κ2) is 9.40. The van der Waals surface area contributed by atoms with Crippen LogP contribution < -0.4 is 10.9 Å². The van der Waals surface area contributed by atoms with E-state index >= 15 is 0 Å². The van der Waals surface area contributed by atoms with Gasteiger partial charge < -0.3 is 9.84 Å². The maximum atomic E-state index is 12.2. The molecule has 0 unspecified atom stereocenters. The van der Waals surface area contributed by atoms with Crippen molar-refractivity contribution in [3.05, 3.63) is 74.9 Å². The third-order valence-electron chi connectivity index (χ3n) is 4.94. The van der Waals surface area contributed by atoms with Gasteiger partial charge in [0.1, 0.15) is 0 Å². The molecule has 1 aromatic heterocycles. The molecule has 0 radical (unpaired) electrons. The number of nitrogens with one attached hydrogen (secondary N) is 2. The van der Waals surface area contributed by atoms with Crippen molar-refractivity contribution < 1.29 is 9.32 Å². The molecule has 1 aliphatic rings. The first-order valence-electron chi connectivity index (χ1n) is 9.58. The van der Waals surface area contributed by atoms with E-state index in [0.717, 1.165) is 41.6 Å². The van der Waals surface area contributed by atoms with Crippen molar-refractivity contribution in [1.82, 2.24) is 10.5 Å². The predicted molar refractivity (Wildman–Crippen MR) is 114 cm³/mol. The number of aromatic amines is 1. The molecule has 1 heterocycles. The van der Waals surface area contributed by atoms with Crippen LogP contribution in [0.1, 0.15) is 52.7 Å². The van der Waals surface area contributed by atoms with E-state index in [1.54, 1.807) is 7.05 Å². The molecule has 5 heteroatoms. The molecule has 5 nitrogen and oxygen atoms in total. The van der Waals surface area contributed by atoms with Gasteiger partial charge in [-0.2, -0.15) is 0 Å². The average Bonchev–Trinajstić information content (AvgIpc) is 3.03. The number of likely N-dealkylation sites (N-methyl/N-ethyl adjacent to an activating group) is 1. The molecule has 1 aliphatic carbocycles. The topological polar surface area (TPSA) is 75.1 Å². The lowest BCUT2D eigenvalue weighted by molar-refractivity contribution is -0.117. The van der Waals surface area contributed by atoms with Crippen LogP contribution in [0.25, 0.3) is 6.08 Å². The Morgan fingerprint density at radius 1 is 1.25 bits per heavy atom. The fourth-order valence-corrected chi connectivity index (χ4v) is 3.38. The largest absolute Gasteiger partial charge is 0.357 e. The molecule has 0 aliphatic heterocycles. The lowest BCUT2D eigenvalue weighted by atomic mass is 9.72. The fraction of sp³-hybridized carbons (Fsp3) is 0.391. The van der Waals surface area contributed by atoms with E-state index in [0.29, 0.717) is 5.69 Å². The Bertz CT molecular complexity index is 918. The first-order valence-corrected chi connectivity index (χ1v) is 9.58. The first-order chi connectivity index (χ1) is 13.2. The van der Waals surface area contributed by atoms with Crippen LogP contribution in [-0.2, 0) is 4.79 Å². The standard InChI is InChI=1S/C23H30N2O3/c1-16(8-6-9-17(2)14-18-15-21(26)28-25-18)11-12-20-19(22(27)24-5)10-7-13-23(20,3)4/h6,8-9,11-12,14-15,25H,7,10,13H2,1-5H3,(H,24,27)/b9-6+,12-11+,16-8+,17-14+. The van der Waals surface area contributed by atoms with Crippen molar-refractivity contribution >= 4 is 12.0 Å². The molecule has 1 amide bonds. The molecule has 0 saturated heterocycles. The van der Waals surface area contributed by atoms with E-state index < -0.39 is 0 Å². The van der Waals surface area contributed by atoms with Gasteiger partial charge in [0.2, 0.25) is 5.91 Å². The van der Waals surface area contributed by atoms with Gasteiger partial charge in [0, 0.05) is 12.6 Å². The van der Waals surface area contributed by atoms with E-state index in [1.807, 2.05) is 38.2 Å². The Hall–Kier alpha value is -2.82. The third kappa shape index (κ3) is 5.84. The second-order valence-corrected chi connectivity index (χ2v) is 7.82. The van der Waals surface area contributed by atoms with Crippen molar-refractivity contribution in [3.8, 4) is 0 Å². The third-order valence-corrected chi connectivity index (χ3v) is 4.94. The Morgan fingerprint density at radius 2 is 2.00 bits per heavy atom. The summed E-state index contributed by atoms with van der Waals surface area (Å²) in [6, 6.07) is 1.41. The predicted octanol–water partition coefficient (Wildman–Crippen LogP) is 4.68. The van der Waals surface area contributed by atoms with E-state index in [2.05, 4.69) is 41.0 Å². The van der Waals surface area contributed by atoms with E-state index in [1.165, 1.54) is 6.07 Å². The van der Waals surface area contributed by atoms with Gasteiger partial charge in [0.15, 0.2) is 0 Å². The zero-order chi connectivity index (χ0) is 20.7.